The maximum atomic E-state index is 11.5. The van der Waals surface area contributed by atoms with Gasteiger partial charge in [-0.25, -0.2) is 0 Å². The summed E-state index contributed by atoms with van der Waals surface area (Å²) in [5.41, 5.74) is 0. The molecule has 8 nitrogen and oxygen atoms in total. The van der Waals surface area contributed by atoms with Crippen LogP contribution in [0.15, 0.2) is 4.42 Å². The second kappa shape index (κ2) is 9.27. The van der Waals surface area contributed by atoms with Crippen LogP contribution in [-0.4, -0.2) is 49.5 Å². The van der Waals surface area contributed by atoms with Gasteiger partial charge in [0, 0.05) is 20.2 Å². The zero-order valence-corrected chi connectivity index (χ0v) is 12.2. The molecule has 1 aromatic rings. The summed E-state index contributed by atoms with van der Waals surface area (Å²) in [7, 11) is 1.64. The molecule has 0 bridgehead atoms. The molecule has 1 amide bonds. The minimum atomic E-state index is -0.100. The Hall–Kier alpha value is -1.67. The Bertz CT molecular complexity index is 394. The van der Waals surface area contributed by atoms with Gasteiger partial charge in [-0.3, -0.25) is 4.79 Å². The van der Waals surface area contributed by atoms with E-state index in [1.54, 1.807) is 7.11 Å². The van der Waals surface area contributed by atoms with E-state index in [4.69, 9.17) is 9.15 Å². The van der Waals surface area contributed by atoms with Gasteiger partial charge in [0.1, 0.15) is 0 Å². The van der Waals surface area contributed by atoms with Crippen molar-refractivity contribution in [3.05, 3.63) is 5.89 Å². The molecule has 0 aliphatic carbocycles. The van der Waals surface area contributed by atoms with E-state index in [9.17, 15) is 4.79 Å². The van der Waals surface area contributed by atoms with E-state index >= 15 is 0 Å². The number of rotatable bonds is 10. The van der Waals surface area contributed by atoms with E-state index in [0.29, 0.717) is 38.0 Å². The monoisotopic (exact) mass is 285 g/mol. The highest BCUT2D eigenvalue weighted by molar-refractivity contribution is 5.79. The topological polar surface area (TPSA) is 101 Å². The number of methoxy groups -OCH3 is 1. The normalized spacial score (nSPS) is 10.8. The van der Waals surface area contributed by atoms with Gasteiger partial charge in [-0.15, -0.1) is 5.10 Å². The molecule has 0 saturated heterocycles. The molecular weight excluding hydrogens is 262 g/mol. The van der Waals surface area contributed by atoms with Gasteiger partial charge in [-0.05, 0) is 5.92 Å². The molecule has 114 valence electrons. The first-order chi connectivity index (χ1) is 9.61. The van der Waals surface area contributed by atoms with Crippen LogP contribution in [0.5, 0.6) is 0 Å². The number of aromatic nitrogens is 2. The molecule has 3 N–H and O–H groups in total. The standard InChI is InChI=1S/C12H23N5O3/c1-9(2)6-14-10(18)7-15-12-17-16-11(20-12)8-13-4-5-19-3/h9,13H,4-8H2,1-3H3,(H,14,18)(H,15,17). The van der Waals surface area contributed by atoms with Gasteiger partial charge < -0.3 is 25.1 Å². The number of nitrogens with zero attached hydrogens (tertiary/aromatic N) is 2. The fourth-order valence-corrected chi connectivity index (χ4v) is 1.30. The second-order valence-electron chi connectivity index (χ2n) is 4.72. The number of nitrogens with one attached hydrogen (secondary N) is 3. The number of hydrogen-bond donors (Lipinski definition) is 3. The third-order valence-electron chi connectivity index (χ3n) is 2.33. The average Bonchev–Trinajstić information content (AvgIpc) is 2.87. The summed E-state index contributed by atoms with van der Waals surface area (Å²) in [4.78, 5) is 11.5. The van der Waals surface area contributed by atoms with E-state index in [1.807, 2.05) is 13.8 Å². The molecule has 0 spiro atoms. The minimum absolute atomic E-state index is 0.100. The molecule has 1 heterocycles. The van der Waals surface area contributed by atoms with E-state index in [0.717, 1.165) is 0 Å². The van der Waals surface area contributed by atoms with Crippen molar-refractivity contribution in [2.45, 2.75) is 20.4 Å². The summed E-state index contributed by atoms with van der Waals surface area (Å²) in [6, 6.07) is 0.244. The van der Waals surface area contributed by atoms with Crippen LogP contribution in [0.25, 0.3) is 0 Å². The number of hydrogen-bond acceptors (Lipinski definition) is 7. The Morgan fingerprint density at radius 3 is 2.90 bits per heavy atom. The van der Waals surface area contributed by atoms with Crippen molar-refractivity contribution < 1.29 is 13.9 Å². The average molecular weight is 285 g/mol. The zero-order chi connectivity index (χ0) is 14.8. The van der Waals surface area contributed by atoms with E-state index in [-0.39, 0.29) is 18.5 Å². The van der Waals surface area contributed by atoms with Crippen molar-refractivity contribution in [1.29, 1.82) is 0 Å². The van der Waals surface area contributed by atoms with Crippen molar-refractivity contribution in [2.75, 3.05) is 38.7 Å². The predicted octanol–water partition coefficient (Wildman–Crippen LogP) is -0.0103. The van der Waals surface area contributed by atoms with Crippen molar-refractivity contribution in [3.63, 3.8) is 0 Å². The number of carbonyl (C=O) groups is 1. The quantitative estimate of drug-likeness (QED) is 0.520. The van der Waals surface area contributed by atoms with Crippen molar-refractivity contribution in [1.82, 2.24) is 20.8 Å². The lowest BCUT2D eigenvalue weighted by Crippen LogP contribution is -2.32. The fraction of sp³-hybridized carbons (Fsp3) is 0.750. The van der Waals surface area contributed by atoms with Crippen LogP contribution in [0.4, 0.5) is 6.01 Å². The van der Waals surface area contributed by atoms with Crippen LogP contribution in [0, 0.1) is 5.92 Å². The lowest BCUT2D eigenvalue weighted by atomic mass is 10.2. The van der Waals surface area contributed by atoms with E-state index in [1.165, 1.54) is 0 Å². The molecule has 0 radical (unpaired) electrons. The first kappa shape index (κ1) is 16.4. The Kier molecular flexibility index (Phi) is 7.59. The van der Waals surface area contributed by atoms with Crippen molar-refractivity contribution >= 4 is 11.9 Å². The van der Waals surface area contributed by atoms with Crippen LogP contribution in [0.1, 0.15) is 19.7 Å². The number of anilines is 1. The smallest absolute Gasteiger partial charge is 0.315 e. The SMILES string of the molecule is COCCNCc1nnc(NCC(=O)NCC(C)C)o1. The van der Waals surface area contributed by atoms with Gasteiger partial charge in [0.05, 0.1) is 19.7 Å². The molecule has 0 fully saturated rings. The number of carbonyl (C=O) groups excluding carboxylic acids is 1. The zero-order valence-electron chi connectivity index (χ0n) is 12.2. The molecular formula is C12H23N5O3. The van der Waals surface area contributed by atoms with Crippen LogP contribution in [0.3, 0.4) is 0 Å². The summed E-state index contributed by atoms with van der Waals surface area (Å²) >= 11 is 0. The Balaban J connectivity index is 2.21. The molecule has 0 aliphatic rings. The lowest BCUT2D eigenvalue weighted by Gasteiger charge is -2.07. The summed E-state index contributed by atoms with van der Waals surface area (Å²) < 4.78 is 10.2. The van der Waals surface area contributed by atoms with Crippen LogP contribution >= 0.6 is 0 Å². The third kappa shape index (κ3) is 7.05. The molecule has 0 unspecified atom stereocenters. The Labute approximate surface area is 118 Å². The highest BCUT2D eigenvalue weighted by atomic mass is 16.5. The van der Waals surface area contributed by atoms with Crippen molar-refractivity contribution in [2.24, 2.45) is 5.92 Å². The summed E-state index contributed by atoms with van der Waals surface area (Å²) in [6.07, 6.45) is 0. The van der Waals surface area contributed by atoms with Crippen LogP contribution in [0.2, 0.25) is 0 Å². The molecule has 20 heavy (non-hydrogen) atoms. The van der Waals surface area contributed by atoms with Crippen molar-refractivity contribution in [3.8, 4) is 0 Å². The number of amides is 1. The highest BCUT2D eigenvalue weighted by Crippen LogP contribution is 2.04. The van der Waals surface area contributed by atoms with Gasteiger partial charge in [-0.1, -0.05) is 18.9 Å². The van der Waals surface area contributed by atoms with Gasteiger partial charge in [-0.2, -0.15) is 0 Å². The first-order valence-corrected chi connectivity index (χ1v) is 6.64. The first-order valence-electron chi connectivity index (χ1n) is 6.64. The largest absolute Gasteiger partial charge is 0.407 e. The minimum Gasteiger partial charge on any atom is -0.407 e. The van der Waals surface area contributed by atoms with Gasteiger partial charge >= 0.3 is 6.01 Å². The van der Waals surface area contributed by atoms with Crippen LogP contribution < -0.4 is 16.0 Å². The van der Waals surface area contributed by atoms with E-state index < -0.39 is 0 Å². The summed E-state index contributed by atoms with van der Waals surface area (Å²) in [5, 5.41) is 16.3. The number of ether oxygens (including phenoxy) is 1. The molecule has 1 aromatic heterocycles. The van der Waals surface area contributed by atoms with Gasteiger partial charge in [0.2, 0.25) is 11.8 Å². The maximum Gasteiger partial charge on any atom is 0.315 e. The summed E-state index contributed by atoms with van der Waals surface area (Å²) in [6.45, 7) is 6.64. The molecule has 0 atom stereocenters. The lowest BCUT2D eigenvalue weighted by molar-refractivity contribution is -0.119. The Morgan fingerprint density at radius 1 is 1.40 bits per heavy atom. The van der Waals surface area contributed by atoms with E-state index in [2.05, 4.69) is 26.1 Å². The van der Waals surface area contributed by atoms with Gasteiger partial charge in [0.15, 0.2) is 0 Å². The maximum absolute atomic E-state index is 11.5. The third-order valence-corrected chi connectivity index (χ3v) is 2.33. The van der Waals surface area contributed by atoms with Crippen LogP contribution in [-0.2, 0) is 16.1 Å². The molecule has 0 saturated carbocycles. The van der Waals surface area contributed by atoms with Gasteiger partial charge in [0.25, 0.3) is 0 Å². The molecule has 0 aromatic carbocycles. The summed E-state index contributed by atoms with van der Waals surface area (Å²) in [5.74, 6) is 0.787. The fourth-order valence-electron chi connectivity index (χ4n) is 1.30. The Morgan fingerprint density at radius 2 is 2.20 bits per heavy atom. The second-order valence-corrected chi connectivity index (χ2v) is 4.72. The molecule has 8 heteroatoms. The molecule has 1 rings (SSSR count). The molecule has 0 aliphatic heterocycles. The predicted molar refractivity (Wildman–Crippen MR) is 74.2 cm³/mol. The highest BCUT2D eigenvalue weighted by Gasteiger charge is 2.07.